The fourth-order valence-corrected chi connectivity index (χ4v) is 3.99. The third-order valence-electron chi connectivity index (χ3n) is 5.35. The Labute approximate surface area is 171 Å². The van der Waals surface area contributed by atoms with Crippen LogP contribution in [0.4, 0.5) is 0 Å². The number of hydrogen-bond donors (Lipinski definition) is 3. The van der Waals surface area contributed by atoms with Crippen LogP contribution < -0.4 is 16.2 Å². The Morgan fingerprint density at radius 3 is 2.54 bits per heavy atom. The van der Waals surface area contributed by atoms with Crippen LogP contribution in [0.15, 0.2) is 51.6 Å². The Kier molecular flexibility index (Phi) is 5.79. The second kappa shape index (κ2) is 8.46. The maximum atomic E-state index is 12.6. The topological polar surface area (TPSA) is 86.6 Å². The van der Waals surface area contributed by atoms with Gasteiger partial charge in [0.15, 0.2) is 5.76 Å². The van der Waals surface area contributed by atoms with E-state index in [2.05, 4.69) is 44.2 Å². The van der Waals surface area contributed by atoms with Gasteiger partial charge < -0.3 is 14.6 Å². The van der Waals surface area contributed by atoms with Gasteiger partial charge in [0.2, 0.25) is 5.91 Å². The number of benzene rings is 1. The van der Waals surface area contributed by atoms with Crippen molar-refractivity contribution >= 4 is 27.7 Å². The largest absolute Gasteiger partial charge is 0.459 e. The van der Waals surface area contributed by atoms with E-state index in [1.165, 1.54) is 6.26 Å². The molecule has 148 valence electrons. The molecule has 0 bridgehead atoms. The summed E-state index contributed by atoms with van der Waals surface area (Å²) in [6, 6.07) is 11.4. The lowest BCUT2D eigenvalue weighted by atomic mass is 10.0. The van der Waals surface area contributed by atoms with Gasteiger partial charge in [0.25, 0.3) is 5.91 Å². The van der Waals surface area contributed by atoms with Crippen LogP contribution in [-0.2, 0) is 4.79 Å². The van der Waals surface area contributed by atoms with Crippen LogP contribution in [0.1, 0.15) is 41.4 Å². The second-order valence-corrected chi connectivity index (χ2v) is 8.15. The summed E-state index contributed by atoms with van der Waals surface area (Å²) in [7, 11) is 0. The molecule has 2 aromatic rings. The number of furan rings is 1. The molecule has 3 N–H and O–H groups in total. The Morgan fingerprint density at radius 2 is 1.86 bits per heavy atom. The van der Waals surface area contributed by atoms with Gasteiger partial charge in [-0.25, -0.2) is 10.9 Å². The number of hydrazine groups is 1. The molecule has 4 rings (SSSR count). The van der Waals surface area contributed by atoms with Crippen molar-refractivity contribution in [3.63, 3.8) is 0 Å². The highest BCUT2D eigenvalue weighted by Crippen LogP contribution is 2.24. The number of carbonyl (C=O) groups excluding carboxylic acids is 2. The van der Waals surface area contributed by atoms with Gasteiger partial charge in [0.1, 0.15) is 6.04 Å². The summed E-state index contributed by atoms with van der Waals surface area (Å²) in [5.41, 5.74) is 7.46. The zero-order chi connectivity index (χ0) is 19.5. The summed E-state index contributed by atoms with van der Waals surface area (Å²) in [4.78, 5) is 26.7. The summed E-state index contributed by atoms with van der Waals surface area (Å²) in [6.45, 7) is 1.23. The minimum absolute atomic E-state index is 0.00271. The highest BCUT2D eigenvalue weighted by Gasteiger charge is 2.32. The number of halogens is 1. The van der Waals surface area contributed by atoms with E-state index in [0.717, 1.165) is 22.9 Å². The second-order valence-electron chi connectivity index (χ2n) is 7.23. The molecule has 2 unspecified atom stereocenters. The van der Waals surface area contributed by atoms with E-state index in [9.17, 15) is 9.59 Å². The van der Waals surface area contributed by atoms with Crippen LogP contribution in [0.3, 0.4) is 0 Å². The monoisotopic (exact) mass is 446 g/mol. The molecule has 1 aromatic heterocycles. The van der Waals surface area contributed by atoms with E-state index in [-0.39, 0.29) is 29.9 Å². The van der Waals surface area contributed by atoms with E-state index in [4.69, 9.17) is 4.42 Å². The van der Waals surface area contributed by atoms with E-state index < -0.39 is 0 Å². The van der Waals surface area contributed by atoms with E-state index >= 15 is 0 Å². The molecule has 2 amide bonds. The first kappa shape index (κ1) is 19.2. The van der Waals surface area contributed by atoms with E-state index in [0.29, 0.717) is 25.3 Å². The van der Waals surface area contributed by atoms with Crippen LogP contribution >= 0.6 is 15.9 Å². The standard InChI is InChI=1S/C20H23BrN4O3/c21-14-5-3-13(4-6-14)16-12-17(24-23-16)19(26)22-15-7-9-25(10-8-15)20(27)18-2-1-11-28-18/h1-6,11,15-17,23-24H,7-10,12H2,(H,22,26). The lowest BCUT2D eigenvalue weighted by molar-refractivity contribution is -0.123. The molecule has 2 saturated heterocycles. The summed E-state index contributed by atoms with van der Waals surface area (Å²) >= 11 is 3.44. The molecule has 0 saturated carbocycles. The van der Waals surface area contributed by atoms with Gasteiger partial charge in [-0.15, -0.1) is 0 Å². The summed E-state index contributed by atoms with van der Waals surface area (Å²) < 4.78 is 6.22. The highest BCUT2D eigenvalue weighted by atomic mass is 79.9. The molecule has 2 atom stereocenters. The average Bonchev–Trinajstić information content (AvgIpc) is 3.41. The molecule has 7 nitrogen and oxygen atoms in total. The van der Waals surface area contributed by atoms with Crippen LogP contribution in [0, 0.1) is 0 Å². The van der Waals surface area contributed by atoms with Crippen molar-refractivity contribution in [1.82, 2.24) is 21.1 Å². The van der Waals surface area contributed by atoms with Gasteiger partial charge in [-0.05, 0) is 49.1 Å². The molecule has 0 radical (unpaired) electrons. The number of hydrogen-bond acceptors (Lipinski definition) is 5. The third-order valence-corrected chi connectivity index (χ3v) is 5.88. The maximum absolute atomic E-state index is 12.6. The van der Waals surface area contributed by atoms with Crippen molar-refractivity contribution in [1.29, 1.82) is 0 Å². The maximum Gasteiger partial charge on any atom is 0.289 e. The van der Waals surface area contributed by atoms with Gasteiger partial charge >= 0.3 is 0 Å². The molecule has 2 fully saturated rings. The van der Waals surface area contributed by atoms with Crippen molar-refractivity contribution in [2.45, 2.75) is 37.4 Å². The summed E-state index contributed by atoms with van der Waals surface area (Å²) in [5.74, 6) is 0.277. The molecular weight excluding hydrogens is 424 g/mol. The minimum atomic E-state index is -0.267. The van der Waals surface area contributed by atoms with Crippen LogP contribution in [0.5, 0.6) is 0 Å². The SMILES string of the molecule is O=C(NC1CCN(C(=O)c2ccco2)CC1)C1CC(c2ccc(Br)cc2)NN1. The number of carbonyl (C=O) groups is 2. The van der Waals surface area contributed by atoms with E-state index in [1.54, 1.807) is 17.0 Å². The Morgan fingerprint density at radius 1 is 1.11 bits per heavy atom. The smallest absolute Gasteiger partial charge is 0.289 e. The average molecular weight is 447 g/mol. The molecule has 1 aromatic carbocycles. The van der Waals surface area contributed by atoms with Crippen molar-refractivity contribution in [2.75, 3.05) is 13.1 Å². The number of likely N-dealkylation sites (tertiary alicyclic amines) is 1. The zero-order valence-corrected chi connectivity index (χ0v) is 16.9. The van der Waals surface area contributed by atoms with Crippen LogP contribution in [0.25, 0.3) is 0 Å². The lowest BCUT2D eigenvalue weighted by Crippen LogP contribution is -2.51. The molecule has 3 heterocycles. The Balaban J connectivity index is 1.25. The first-order valence-corrected chi connectivity index (χ1v) is 10.3. The van der Waals surface area contributed by atoms with Crippen LogP contribution in [0.2, 0.25) is 0 Å². The summed E-state index contributed by atoms with van der Waals surface area (Å²) in [6.07, 6.45) is 3.69. The van der Waals surface area contributed by atoms with Crippen molar-refractivity contribution in [3.8, 4) is 0 Å². The number of piperidine rings is 1. The normalized spacial score (nSPS) is 23.0. The lowest BCUT2D eigenvalue weighted by Gasteiger charge is -2.32. The van der Waals surface area contributed by atoms with Crippen LogP contribution in [-0.4, -0.2) is 41.9 Å². The summed E-state index contributed by atoms with van der Waals surface area (Å²) in [5, 5.41) is 3.13. The van der Waals surface area contributed by atoms with Crippen molar-refractivity contribution < 1.29 is 14.0 Å². The Hall–Kier alpha value is -2.16. The minimum Gasteiger partial charge on any atom is -0.459 e. The molecule has 2 aliphatic rings. The fourth-order valence-electron chi connectivity index (χ4n) is 3.73. The molecule has 28 heavy (non-hydrogen) atoms. The molecule has 8 heteroatoms. The highest BCUT2D eigenvalue weighted by molar-refractivity contribution is 9.10. The van der Waals surface area contributed by atoms with E-state index in [1.807, 2.05) is 12.1 Å². The quantitative estimate of drug-likeness (QED) is 0.670. The van der Waals surface area contributed by atoms with Gasteiger partial charge in [-0.3, -0.25) is 9.59 Å². The molecule has 0 spiro atoms. The molecule has 2 aliphatic heterocycles. The Bertz CT molecular complexity index is 816. The predicted octanol–water partition coefficient (Wildman–Crippen LogP) is 2.37. The van der Waals surface area contributed by atoms with Gasteiger partial charge in [-0.1, -0.05) is 28.1 Å². The first-order chi connectivity index (χ1) is 13.6. The zero-order valence-electron chi connectivity index (χ0n) is 15.4. The van der Waals surface area contributed by atoms with Gasteiger partial charge in [-0.2, -0.15) is 0 Å². The third kappa shape index (κ3) is 4.29. The van der Waals surface area contributed by atoms with Crippen molar-refractivity contribution in [2.24, 2.45) is 0 Å². The fraction of sp³-hybridized carbons (Fsp3) is 0.400. The first-order valence-electron chi connectivity index (χ1n) is 9.50. The van der Waals surface area contributed by atoms with Gasteiger partial charge in [0.05, 0.1) is 6.26 Å². The van der Waals surface area contributed by atoms with Gasteiger partial charge in [0, 0.05) is 29.6 Å². The number of nitrogens with one attached hydrogen (secondary N) is 3. The number of rotatable bonds is 4. The predicted molar refractivity (Wildman–Crippen MR) is 107 cm³/mol. The van der Waals surface area contributed by atoms with Crippen molar-refractivity contribution in [3.05, 3.63) is 58.5 Å². The number of nitrogens with zero attached hydrogens (tertiary/aromatic N) is 1. The number of amides is 2. The molecule has 0 aliphatic carbocycles. The molecular formula is C20H23BrN4O3.